The highest BCUT2D eigenvalue weighted by Gasteiger charge is 2.28. The minimum Gasteiger partial charge on any atom is -0.378 e. The number of aromatic nitrogens is 2. The van der Waals surface area contributed by atoms with Gasteiger partial charge in [0.2, 0.25) is 0 Å². The Morgan fingerprint density at radius 3 is 2.59 bits per heavy atom. The maximum absolute atomic E-state index is 12.2. The van der Waals surface area contributed by atoms with Crippen LogP contribution in [-0.2, 0) is 0 Å². The summed E-state index contributed by atoms with van der Waals surface area (Å²) in [5.41, 5.74) is 13.1. The molecule has 1 aliphatic rings. The Hall–Kier alpha value is -3.80. The molecule has 5 rings (SSSR count). The highest BCUT2D eigenvalue weighted by atomic mass is 16.1. The zero-order valence-electron chi connectivity index (χ0n) is 16.3. The predicted octanol–water partition coefficient (Wildman–Crippen LogP) is 3.68. The van der Waals surface area contributed by atoms with E-state index in [-0.39, 0.29) is 6.04 Å². The van der Waals surface area contributed by atoms with Crippen LogP contribution in [-0.4, -0.2) is 29.6 Å². The van der Waals surface area contributed by atoms with Crippen LogP contribution in [0.3, 0.4) is 0 Å². The molecule has 6 nitrogen and oxygen atoms in total. The smallest absolute Gasteiger partial charge is 0.251 e. The number of benzene rings is 2. The normalized spacial score (nSPS) is 14.8. The van der Waals surface area contributed by atoms with Crippen LogP contribution in [0.25, 0.3) is 16.6 Å². The molecule has 6 heteroatoms. The van der Waals surface area contributed by atoms with Gasteiger partial charge in [0.25, 0.3) is 5.91 Å². The van der Waals surface area contributed by atoms with E-state index >= 15 is 0 Å². The van der Waals surface area contributed by atoms with Gasteiger partial charge in [0, 0.05) is 48.4 Å². The van der Waals surface area contributed by atoms with Crippen molar-refractivity contribution >= 4 is 22.8 Å². The lowest BCUT2D eigenvalue weighted by Gasteiger charge is -2.21. The fourth-order valence-corrected chi connectivity index (χ4v) is 4.08. The summed E-state index contributed by atoms with van der Waals surface area (Å²) in [7, 11) is 4.06. The quantitative estimate of drug-likeness (QED) is 0.566. The van der Waals surface area contributed by atoms with Crippen LogP contribution in [0, 0.1) is 0 Å². The topological polar surface area (TPSA) is 75.7 Å². The number of hydrogen-bond donors (Lipinski definition) is 2. The summed E-state index contributed by atoms with van der Waals surface area (Å²) in [6, 6.07) is 18.5. The van der Waals surface area contributed by atoms with Crippen LogP contribution in [0.2, 0.25) is 0 Å². The molecule has 0 aliphatic carbocycles. The van der Waals surface area contributed by atoms with Gasteiger partial charge in [0.1, 0.15) is 0 Å². The molecule has 29 heavy (non-hydrogen) atoms. The van der Waals surface area contributed by atoms with Crippen LogP contribution in [0.5, 0.6) is 0 Å². The van der Waals surface area contributed by atoms with Gasteiger partial charge in [-0.05, 0) is 29.8 Å². The van der Waals surface area contributed by atoms with Crippen molar-refractivity contribution in [1.29, 1.82) is 0 Å². The van der Waals surface area contributed by atoms with Gasteiger partial charge in [-0.2, -0.15) is 5.10 Å². The number of carbonyl (C=O) groups is 1. The lowest BCUT2D eigenvalue weighted by Crippen LogP contribution is -2.14. The van der Waals surface area contributed by atoms with Gasteiger partial charge in [0.15, 0.2) is 0 Å². The van der Waals surface area contributed by atoms with Gasteiger partial charge < -0.3 is 16.0 Å². The van der Waals surface area contributed by atoms with Crippen LogP contribution in [0.15, 0.2) is 67.0 Å². The molecular weight excluding hydrogens is 362 g/mol. The number of amides is 1. The van der Waals surface area contributed by atoms with Crippen LogP contribution in [0.1, 0.15) is 27.5 Å². The molecule has 1 unspecified atom stereocenters. The lowest BCUT2D eigenvalue weighted by molar-refractivity contribution is 0.100. The van der Waals surface area contributed by atoms with E-state index in [4.69, 9.17) is 5.73 Å². The molecule has 0 bridgehead atoms. The molecule has 0 saturated carbocycles. The summed E-state index contributed by atoms with van der Waals surface area (Å²) in [5, 5.41) is 8.10. The Bertz CT molecular complexity index is 1240. The van der Waals surface area contributed by atoms with E-state index in [0.29, 0.717) is 5.56 Å². The Labute approximate surface area is 168 Å². The molecule has 1 amide bonds. The molecule has 2 aromatic carbocycles. The molecule has 0 radical (unpaired) electrons. The van der Waals surface area contributed by atoms with E-state index in [2.05, 4.69) is 45.6 Å². The van der Waals surface area contributed by atoms with Gasteiger partial charge in [-0.3, -0.25) is 4.79 Å². The number of nitrogens with two attached hydrogens (primary N) is 1. The molecule has 144 valence electrons. The Kier molecular flexibility index (Phi) is 3.81. The molecule has 0 fully saturated rings. The predicted molar refractivity (Wildman–Crippen MR) is 115 cm³/mol. The SMILES string of the molecule is CN(C)c1ccc(C2Nc3ccccc3-c3c(C(N)=O)cnn4ccc2c34)cc1. The third-order valence-electron chi connectivity index (χ3n) is 5.53. The van der Waals surface area contributed by atoms with Crippen LogP contribution < -0.4 is 16.0 Å². The number of nitrogens with zero attached hydrogens (tertiary/aromatic N) is 3. The second-order valence-corrected chi connectivity index (χ2v) is 7.47. The Morgan fingerprint density at radius 1 is 1.10 bits per heavy atom. The van der Waals surface area contributed by atoms with E-state index in [0.717, 1.165) is 39.1 Å². The maximum Gasteiger partial charge on any atom is 0.251 e. The van der Waals surface area contributed by atoms with Gasteiger partial charge in [-0.15, -0.1) is 0 Å². The number of carbonyl (C=O) groups excluding carboxylic acids is 1. The second kappa shape index (κ2) is 6.38. The van der Waals surface area contributed by atoms with E-state index in [1.165, 1.54) is 0 Å². The van der Waals surface area contributed by atoms with Crippen molar-refractivity contribution in [3.8, 4) is 11.1 Å². The molecule has 3 heterocycles. The van der Waals surface area contributed by atoms with Crippen molar-refractivity contribution < 1.29 is 4.79 Å². The van der Waals surface area contributed by atoms with Crippen molar-refractivity contribution in [2.45, 2.75) is 6.04 Å². The molecule has 0 saturated heterocycles. The van der Waals surface area contributed by atoms with Gasteiger partial charge in [0.05, 0.1) is 23.3 Å². The number of hydrogen-bond acceptors (Lipinski definition) is 4. The highest BCUT2D eigenvalue weighted by molar-refractivity contribution is 6.06. The Balaban J connectivity index is 1.80. The first kappa shape index (κ1) is 17.3. The molecular formula is C23H21N5O. The zero-order valence-corrected chi connectivity index (χ0v) is 16.3. The zero-order chi connectivity index (χ0) is 20.1. The fraction of sp³-hybridized carbons (Fsp3) is 0.130. The van der Waals surface area contributed by atoms with Crippen LogP contribution >= 0.6 is 0 Å². The molecule has 0 spiro atoms. The summed E-state index contributed by atoms with van der Waals surface area (Å²) in [4.78, 5) is 14.3. The summed E-state index contributed by atoms with van der Waals surface area (Å²) in [6.45, 7) is 0. The first-order chi connectivity index (χ1) is 14.0. The van der Waals surface area contributed by atoms with Gasteiger partial charge >= 0.3 is 0 Å². The number of nitrogens with one attached hydrogen (secondary N) is 1. The van der Waals surface area contributed by atoms with Crippen LogP contribution in [0.4, 0.5) is 11.4 Å². The average Bonchev–Trinajstić information content (AvgIpc) is 3.09. The summed E-state index contributed by atoms with van der Waals surface area (Å²) < 4.78 is 1.82. The van der Waals surface area contributed by atoms with Gasteiger partial charge in [-0.1, -0.05) is 30.3 Å². The number of fused-ring (bicyclic) bond motifs is 2. The van der Waals surface area contributed by atoms with Gasteiger partial charge in [-0.25, -0.2) is 4.52 Å². The van der Waals surface area contributed by atoms with E-state index < -0.39 is 5.91 Å². The first-order valence-corrected chi connectivity index (χ1v) is 9.48. The summed E-state index contributed by atoms with van der Waals surface area (Å²) in [6.07, 6.45) is 3.48. The number of rotatable bonds is 3. The van der Waals surface area contributed by atoms with Crippen molar-refractivity contribution in [3.63, 3.8) is 0 Å². The highest BCUT2D eigenvalue weighted by Crippen LogP contribution is 2.43. The van der Waals surface area contributed by atoms with E-state index in [1.54, 1.807) is 6.20 Å². The van der Waals surface area contributed by atoms with E-state index in [9.17, 15) is 4.79 Å². The van der Waals surface area contributed by atoms with Crippen molar-refractivity contribution in [2.75, 3.05) is 24.3 Å². The average molecular weight is 383 g/mol. The molecule has 4 aromatic rings. The van der Waals surface area contributed by atoms with Crippen molar-refractivity contribution in [1.82, 2.24) is 9.61 Å². The molecule has 3 N–H and O–H groups in total. The monoisotopic (exact) mass is 383 g/mol. The molecule has 1 aliphatic heterocycles. The molecule has 1 atom stereocenters. The third-order valence-corrected chi connectivity index (χ3v) is 5.53. The maximum atomic E-state index is 12.2. The minimum absolute atomic E-state index is 0.0801. The minimum atomic E-state index is -0.481. The number of primary amides is 1. The van der Waals surface area contributed by atoms with Crippen molar-refractivity contribution in [2.24, 2.45) is 5.73 Å². The van der Waals surface area contributed by atoms with Crippen molar-refractivity contribution in [3.05, 3.63) is 83.7 Å². The second-order valence-electron chi connectivity index (χ2n) is 7.47. The lowest BCUT2D eigenvalue weighted by atomic mass is 9.96. The molecule has 2 aromatic heterocycles. The standard InChI is InChI=1S/C23H21N5O/c1-27(2)15-9-7-14(8-10-15)21-17-11-12-28-22(17)20(18(13-25-28)23(24)29)16-5-3-4-6-19(16)26-21/h3-13,21,26H,1-2H3,(H2,24,29). The largest absolute Gasteiger partial charge is 0.378 e. The number of para-hydroxylation sites is 1. The Morgan fingerprint density at radius 2 is 1.86 bits per heavy atom. The third kappa shape index (κ3) is 2.64. The summed E-state index contributed by atoms with van der Waals surface area (Å²) >= 11 is 0. The fourth-order valence-electron chi connectivity index (χ4n) is 4.08. The summed E-state index contributed by atoms with van der Waals surface area (Å²) in [5.74, 6) is -0.481. The number of anilines is 2. The van der Waals surface area contributed by atoms with E-state index in [1.807, 2.05) is 49.1 Å². The first-order valence-electron chi connectivity index (χ1n) is 9.48.